The normalized spacial score (nSPS) is 20.2. The van der Waals surface area contributed by atoms with Crippen LogP contribution in [-0.2, 0) is 25.8 Å². The van der Waals surface area contributed by atoms with Gasteiger partial charge in [0.2, 0.25) is 0 Å². The highest BCUT2D eigenvalue weighted by atomic mass is 32.1. The zero-order chi connectivity index (χ0) is 15.3. The Kier molecular flexibility index (Phi) is 3.39. The van der Waals surface area contributed by atoms with Gasteiger partial charge in [-0.3, -0.25) is 4.90 Å². The number of thiophene rings is 1. The maximum atomic E-state index is 10.2. The van der Waals surface area contributed by atoms with Crippen molar-refractivity contribution in [2.24, 2.45) is 0 Å². The third kappa shape index (κ3) is 2.13. The van der Waals surface area contributed by atoms with Gasteiger partial charge in [0.25, 0.3) is 0 Å². The number of methoxy groups -OCH3 is 1. The Morgan fingerprint density at radius 2 is 2.18 bits per heavy atom. The molecule has 2 aliphatic heterocycles. The topological polar surface area (TPSA) is 32.7 Å². The summed E-state index contributed by atoms with van der Waals surface area (Å²) < 4.78 is 5.26. The van der Waals surface area contributed by atoms with Crippen molar-refractivity contribution in [3.05, 3.63) is 44.6 Å². The van der Waals surface area contributed by atoms with E-state index in [4.69, 9.17) is 4.74 Å². The molecule has 3 nitrogen and oxygen atoms in total. The first-order valence-corrected chi connectivity index (χ1v) is 8.75. The van der Waals surface area contributed by atoms with Gasteiger partial charge in [-0.2, -0.15) is 0 Å². The third-order valence-corrected chi connectivity index (χ3v) is 6.27. The largest absolute Gasteiger partial charge is 0.504 e. The molecule has 0 saturated heterocycles. The van der Waals surface area contributed by atoms with Crippen molar-refractivity contribution in [2.45, 2.75) is 38.8 Å². The van der Waals surface area contributed by atoms with Crippen LogP contribution in [-0.4, -0.2) is 23.7 Å². The molecule has 0 spiro atoms. The highest BCUT2D eigenvalue weighted by Crippen LogP contribution is 2.43. The van der Waals surface area contributed by atoms with E-state index in [1.54, 1.807) is 7.11 Å². The Hall–Kier alpha value is -1.52. The van der Waals surface area contributed by atoms with Crippen LogP contribution in [0.25, 0.3) is 0 Å². The van der Waals surface area contributed by atoms with E-state index in [2.05, 4.69) is 17.9 Å². The summed E-state index contributed by atoms with van der Waals surface area (Å²) in [7, 11) is 1.61. The number of hydrogen-bond acceptors (Lipinski definition) is 4. The molecule has 22 heavy (non-hydrogen) atoms. The SMILES string of the molecule is CCc1cc2c(s1)CN1CCc3cc(OC)c(O)cc3C1C2. The number of benzene rings is 1. The molecule has 2 aliphatic rings. The first-order chi connectivity index (χ1) is 10.7. The minimum atomic E-state index is 0.258. The van der Waals surface area contributed by atoms with Gasteiger partial charge in [-0.05, 0) is 54.2 Å². The molecule has 4 rings (SSSR count). The van der Waals surface area contributed by atoms with Crippen LogP contribution in [0.5, 0.6) is 11.5 Å². The minimum absolute atomic E-state index is 0.258. The van der Waals surface area contributed by atoms with E-state index in [1.165, 1.54) is 26.4 Å². The lowest BCUT2D eigenvalue weighted by atomic mass is 9.86. The van der Waals surface area contributed by atoms with Gasteiger partial charge in [-0.15, -0.1) is 11.3 Å². The van der Waals surface area contributed by atoms with Gasteiger partial charge in [0.1, 0.15) is 0 Å². The predicted molar refractivity (Wildman–Crippen MR) is 88.9 cm³/mol. The molecular formula is C18H21NO2S. The highest BCUT2D eigenvalue weighted by molar-refractivity contribution is 7.12. The van der Waals surface area contributed by atoms with Crippen molar-refractivity contribution in [1.82, 2.24) is 4.90 Å². The van der Waals surface area contributed by atoms with Crippen molar-refractivity contribution in [2.75, 3.05) is 13.7 Å². The summed E-state index contributed by atoms with van der Waals surface area (Å²) in [6, 6.07) is 6.72. The molecule has 1 aromatic carbocycles. The first kappa shape index (κ1) is 14.1. The number of hydrogen-bond donors (Lipinski definition) is 1. The van der Waals surface area contributed by atoms with Crippen LogP contribution in [0.4, 0.5) is 0 Å². The van der Waals surface area contributed by atoms with Crippen LogP contribution in [0.3, 0.4) is 0 Å². The smallest absolute Gasteiger partial charge is 0.160 e. The lowest BCUT2D eigenvalue weighted by molar-refractivity contribution is 0.163. The first-order valence-electron chi connectivity index (χ1n) is 7.94. The van der Waals surface area contributed by atoms with Crippen molar-refractivity contribution in [1.29, 1.82) is 0 Å². The standard InChI is InChI=1S/C18H21NO2S/c1-3-13-6-12-7-15-14-9-16(20)17(21-2)8-11(14)4-5-19(15)10-18(12)22-13/h6,8-9,15,20H,3-5,7,10H2,1-2H3. The molecule has 1 unspecified atom stereocenters. The number of phenols is 1. The zero-order valence-corrected chi connectivity index (χ0v) is 13.9. The van der Waals surface area contributed by atoms with Gasteiger partial charge in [0.15, 0.2) is 11.5 Å². The van der Waals surface area contributed by atoms with Gasteiger partial charge in [-0.1, -0.05) is 6.92 Å². The maximum Gasteiger partial charge on any atom is 0.160 e. The van der Waals surface area contributed by atoms with Crippen molar-refractivity contribution < 1.29 is 9.84 Å². The van der Waals surface area contributed by atoms with E-state index < -0.39 is 0 Å². The average molecular weight is 315 g/mol. The van der Waals surface area contributed by atoms with Crippen LogP contribution < -0.4 is 4.74 Å². The highest BCUT2D eigenvalue weighted by Gasteiger charge is 2.33. The molecule has 1 aromatic heterocycles. The van der Waals surface area contributed by atoms with Crippen LogP contribution in [0.15, 0.2) is 18.2 Å². The van der Waals surface area contributed by atoms with E-state index >= 15 is 0 Å². The van der Waals surface area contributed by atoms with E-state index in [1.807, 2.05) is 23.5 Å². The van der Waals surface area contributed by atoms with E-state index in [9.17, 15) is 5.11 Å². The summed E-state index contributed by atoms with van der Waals surface area (Å²) in [6.45, 7) is 4.37. The Balaban J connectivity index is 1.74. The zero-order valence-electron chi connectivity index (χ0n) is 13.1. The molecule has 0 aliphatic carbocycles. The summed E-state index contributed by atoms with van der Waals surface area (Å²) >= 11 is 1.97. The van der Waals surface area contributed by atoms with Gasteiger partial charge < -0.3 is 9.84 Å². The Labute approximate surface area is 135 Å². The number of ether oxygens (including phenoxy) is 1. The fourth-order valence-electron chi connectivity index (χ4n) is 3.76. The van der Waals surface area contributed by atoms with Crippen molar-refractivity contribution in [3.8, 4) is 11.5 Å². The van der Waals surface area contributed by atoms with Gasteiger partial charge >= 0.3 is 0 Å². The summed E-state index contributed by atoms with van der Waals surface area (Å²) in [5.74, 6) is 0.848. The number of rotatable bonds is 2. The number of aryl methyl sites for hydroxylation is 1. The van der Waals surface area contributed by atoms with Crippen molar-refractivity contribution >= 4 is 11.3 Å². The summed E-state index contributed by atoms with van der Waals surface area (Å²) in [5, 5.41) is 10.2. The predicted octanol–water partition coefficient (Wildman–Crippen LogP) is 3.68. The fourth-order valence-corrected chi connectivity index (χ4v) is 4.93. The Morgan fingerprint density at radius 3 is 2.95 bits per heavy atom. The molecule has 116 valence electrons. The molecule has 2 aromatic rings. The van der Waals surface area contributed by atoms with E-state index in [0.717, 1.165) is 32.4 Å². The fraction of sp³-hybridized carbons (Fsp3) is 0.444. The van der Waals surface area contributed by atoms with Crippen molar-refractivity contribution in [3.63, 3.8) is 0 Å². The molecule has 1 N–H and O–H groups in total. The van der Waals surface area contributed by atoms with Gasteiger partial charge in [0, 0.05) is 28.9 Å². The second-order valence-corrected chi connectivity index (χ2v) is 7.40. The number of aromatic hydroxyl groups is 1. The minimum Gasteiger partial charge on any atom is -0.504 e. The molecular weight excluding hydrogens is 294 g/mol. The van der Waals surface area contributed by atoms with Crippen LogP contribution >= 0.6 is 11.3 Å². The van der Waals surface area contributed by atoms with Crippen LogP contribution in [0.2, 0.25) is 0 Å². The van der Waals surface area contributed by atoms with Gasteiger partial charge in [0.05, 0.1) is 7.11 Å². The molecule has 3 heterocycles. The van der Waals surface area contributed by atoms with E-state index in [-0.39, 0.29) is 5.75 Å². The molecule has 0 radical (unpaired) electrons. The number of phenolic OH excluding ortho intramolecular Hbond substituents is 1. The number of fused-ring (bicyclic) bond motifs is 4. The quantitative estimate of drug-likeness (QED) is 0.917. The maximum absolute atomic E-state index is 10.2. The monoisotopic (exact) mass is 315 g/mol. The lowest BCUT2D eigenvalue weighted by Gasteiger charge is -2.40. The Bertz CT molecular complexity index is 722. The third-order valence-electron chi connectivity index (χ3n) is 4.96. The second-order valence-electron chi connectivity index (χ2n) is 6.18. The summed E-state index contributed by atoms with van der Waals surface area (Å²) in [4.78, 5) is 5.59. The number of nitrogens with zero attached hydrogens (tertiary/aromatic N) is 1. The summed E-state index contributed by atoms with van der Waals surface area (Å²) in [5.41, 5.74) is 4.11. The molecule has 1 atom stereocenters. The molecule has 0 bridgehead atoms. The molecule has 0 amide bonds. The molecule has 0 saturated carbocycles. The van der Waals surface area contributed by atoms with Crippen LogP contribution in [0.1, 0.15) is 39.4 Å². The van der Waals surface area contributed by atoms with E-state index in [0.29, 0.717) is 11.8 Å². The van der Waals surface area contributed by atoms with Crippen LogP contribution in [0, 0.1) is 0 Å². The lowest BCUT2D eigenvalue weighted by Crippen LogP contribution is -2.38. The van der Waals surface area contributed by atoms with Gasteiger partial charge in [-0.25, -0.2) is 0 Å². The second kappa shape index (κ2) is 5.28. The average Bonchev–Trinajstić information content (AvgIpc) is 2.94. The summed E-state index contributed by atoms with van der Waals surface area (Å²) in [6.07, 6.45) is 3.21. The Morgan fingerprint density at radius 1 is 1.32 bits per heavy atom. The molecule has 4 heteroatoms. The molecule has 0 fully saturated rings.